The Morgan fingerprint density at radius 2 is 2.25 bits per heavy atom. The first-order valence-electron chi connectivity index (χ1n) is 6.76. The van der Waals surface area contributed by atoms with Gasteiger partial charge in [-0.05, 0) is 30.6 Å². The number of nitrogens with zero attached hydrogens (tertiary/aromatic N) is 1. The minimum Gasteiger partial charge on any atom is -0.471 e. The van der Waals surface area contributed by atoms with Crippen LogP contribution in [0.2, 0.25) is 4.34 Å². The van der Waals surface area contributed by atoms with Gasteiger partial charge in [0.1, 0.15) is 17.2 Å². The summed E-state index contributed by atoms with van der Waals surface area (Å²) in [7, 11) is 0. The molecule has 0 saturated carbocycles. The van der Waals surface area contributed by atoms with Gasteiger partial charge < -0.3 is 20.9 Å². The number of urea groups is 1. The van der Waals surface area contributed by atoms with Gasteiger partial charge in [-0.15, -0.1) is 11.3 Å². The number of ether oxygens (including phenoxy) is 1. The molecule has 5 N–H and O–H groups in total. The summed E-state index contributed by atoms with van der Waals surface area (Å²) in [6, 6.07) is 2.95. The predicted octanol–water partition coefficient (Wildman–Crippen LogP) is 2.04. The lowest BCUT2D eigenvalue weighted by Gasteiger charge is -2.08. The molecule has 1 atom stereocenters. The van der Waals surface area contributed by atoms with Gasteiger partial charge in [-0.1, -0.05) is 11.6 Å². The quantitative estimate of drug-likeness (QED) is 0.575. The Morgan fingerprint density at radius 1 is 1.50 bits per heavy atom. The van der Waals surface area contributed by atoms with Crippen LogP contribution in [0.3, 0.4) is 0 Å². The van der Waals surface area contributed by atoms with Gasteiger partial charge in [0, 0.05) is 11.4 Å². The number of carbonyl (C=O) groups excluding carboxylic acids is 2. The minimum atomic E-state index is -0.770. The summed E-state index contributed by atoms with van der Waals surface area (Å²) in [5.74, 6) is -0.725. The first-order valence-corrected chi connectivity index (χ1v) is 8.73. The van der Waals surface area contributed by atoms with E-state index >= 15 is 0 Å². The van der Waals surface area contributed by atoms with E-state index in [0.29, 0.717) is 4.34 Å². The molecule has 0 fully saturated rings. The molecule has 24 heavy (non-hydrogen) atoms. The topological polar surface area (TPSA) is 127 Å². The van der Waals surface area contributed by atoms with E-state index < -0.39 is 18.0 Å². The number of aliphatic hydroxyl groups excluding tert-OH is 1. The van der Waals surface area contributed by atoms with Crippen molar-refractivity contribution in [2.45, 2.75) is 19.6 Å². The molecule has 130 valence electrons. The van der Waals surface area contributed by atoms with Crippen molar-refractivity contribution in [2.75, 3.05) is 11.9 Å². The average Bonchev–Trinajstić information content (AvgIpc) is 3.09. The van der Waals surface area contributed by atoms with E-state index in [4.69, 9.17) is 27.2 Å². The Balaban J connectivity index is 2.06. The third-order valence-electron chi connectivity index (χ3n) is 2.67. The van der Waals surface area contributed by atoms with Crippen LogP contribution in [0.5, 0.6) is 5.88 Å². The van der Waals surface area contributed by atoms with Crippen LogP contribution in [0, 0.1) is 0 Å². The van der Waals surface area contributed by atoms with Crippen LogP contribution in [-0.2, 0) is 6.61 Å². The van der Waals surface area contributed by atoms with Crippen LogP contribution in [0.25, 0.3) is 0 Å². The monoisotopic (exact) mass is 390 g/mol. The zero-order chi connectivity index (χ0) is 17.7. The van der Waals surface area contributed by atoms with Crippen LogP contribution >= 0.6 is 34.5 Å². The number of thiophene rings is 1. The molecule has 3 amide bonds. The van der Waals surface area contributed by atoms with E-state index in [0.717, 1.165) is 16.4 Å². The molecule has 0 bridgehead atoms. The van der Waals surface area contributed by atoms with E-state index in [9.17, 15) is 9.59 Å². The number of anilines is 1. The van der Waals surface area contributed by atoms with E-state index in [1.54, 1.807) is 12.1 Å². The molecule has 2 heterocycles. The summed E-state index contributed by atoms with van der Waals surface area (Å²) in [6.45, 7) is 1.78. The number of hydrogen-bond acceptors (Lipinski definition) is 7. The van der Waals surface area contributed by atoms with Crippen LogP contribution < -0.4 is 21.1 Å². The highest BCUT2D eigenvalue weighted by Gasteiger charge is 2.22. The molecule has 0 aromatic carbocycles. The van der Waals surface area contributed by atoms with E-state index in [1.807, 2.05) is 0 Å². The normalized spacial score (nSPS) is 11.8. The number of aromatic nitrogens is 1. The van der Waals surface area contributed by atoms with Crippen molar-refractivity contribution in [3.63, 3.8) is 0 Å². The molecule has 0 radical (unpaired) electrons. The fourth-order valence-electron chi connectivity index (χ4n) is 1.63. The summed E-state index contributed by atoms with van der Waals surface area (Å²) in [6.07, 6.45) is -0.690. The number of amides is 3. The lowest BCUT2D eigenvalue weighted by atomic mass is 10.3. The molecule has 0 aliphatic heterocycles. The maximum Gasteiger partial charge on any atom is 0.320 e. The SMILES string of the molecule is CC(O)CNC(=O)Nc1snc(OCc2ccc(Cl)s2)c1C(N)=O. The molecule has 11 heteroatoms. The van der Waals surface area contributed by atoms with Crippen LogP contribution in [0.4, 0.5) is 9.80 Å². The zero-order valence-corrected chi connectivity index (χ0v) is 14.9. The molecular weight excluding hydrogens is 376 g/mol. The lowest BCUT2D eigenvalue weighted by molar-refractivity contribution is 0.0996. The van der Waals surface area contributed by atoms with Gasteiger partial charge in [0.2, 0.25) is 5.88 Å². The van der Waals surface area contributed by atoms with Crippen LogP contribution in [0.1, 0.15) is 22.2 Å². The Bertz CT molecular complexity index is 731. The van der Waals surface area contributed by atoms with Gasteiger partial charge in [-0.2, -0.15) is 4.37 Å². The molecule has 0 aliphatic carbocycles. The summed E-state index contributed by atoms with van der Waals surface area (Å²) < 4.78 is 10.1. The first kappa shape index (κ1) is 18.5. The third-order valence-corrected chi connectivity index (χ3v) is 4.62. The van der Waals surface area contributed by atoms with Gasteiger partial charge in [0.05, 0.1) is 10.4 Å². The predicted molar refractivity (Wildman–Crippen MR) is 93.0 cm³/mol. The maximum absolute atomic E-state index is 11.7. The summed E-state index contributed by atoms with van der Waals surface area (Å²) in [5, 5.41) is 14.2. The van der Waals surface area contributed by atoms with Crippen molar-refractivity contribution < 1.29 is 19.4 Å². The second-order valence-corrected chi connectivity index (χ2v) is 7.31. The van der Waals surface area contributed by atoms with Crippen molar-refractivity contribution in [2.24, 2.45) is 5.73 Å². The molecule has 8 nitrogen and oxygen atoms in total. The zero-order valence-electron chi connectivity index (χ0n) is 12.5. The van der Waals surface area contributed by atoms with Crippen molar-refractivity contribution in [1.29, 1.82) is 0 Å². The minimum absolute atomic E-state index is 0.00477. The fraction of sp³-hybridized carbons (Fsp3) is 0.308. The third kappa shape index (κ3) is 5.06. The van der Waals surface area contributed by atoms with Gasteiger partial charge in [-0.3, -0.25) is 10.1 Å². The number of hydrogen-bond donors (Lipinski definition) is 4. The summed E-state index contributed by atoms with van der Waals surface area (Å²) in [4.78, 5) is 24.2. The van der Waals surface area contributed by atoms with Crippen molar-refractivity contribution in [3.05, 3.63) is 26.9 Å². The van der Waals surface area contributed by atoms with Crippen molar-refractivity contribution in [3.8, 4) is 5.88 Å². The van der Waals surface area contributed by atoms with Crippen LogP contribution in [0.15, 0.2) is 12.1 Å². The number of primary amides is 1. The van der Waals surface area contributed by atoms with Crippen molar-refractivity contribution >= 4 is 51.4 Å². The lowest BCUT2D eigenvalue weighted by Crippen LogP contribution is -2.34. The number of aliphatic hydroxyl groups is 1. The number of halogens is 1. The molecule has 0 saturated heterocycles. The maximum atomic E-state index is 11.7. The highest BCUT2D eigenvalue weighted by atomic mass is 35.5. The molecular formula is C13H15ClN4O4S2. The highest BCUT2D eigenvalue weighted by Crippen LogP contribution is 2.31. The smallest absolute Gasteiger partial charge is 0.320 e. The molecule has 0 aliphatic rings. The van der Waals surface area contributed by atoms with Gasteiger partial charge in [0.15, 0.2) is 0 Å². The Hall–Kier alpha value is -1.88. The first-order chi connectivity index (χ1) is 11.4. The second kappa shape index (κ2) is 8.29. The van der Waals surface area contributed by atoms with Gasteiger partial charge in [0.25, 0.3) is 5.91 Å². The number of rotatable bonds is 7. The average molecular weight is 391 g/mol. The standard InChI is InChI=1S/C13H15ClN4O4S2/c1-6(19)4-16-13(21)17-12-9(10(15)20)11(18-24-12)22-5-7-2-3-8(14)23-7/h2-3,6,19H,4-5H2,1H3,(H2,15,20)(H2,16,17,21). The largest absolute Gasteiger partial charge is 0.471 e. The molecule has 0 spiro atoms. The fourth-order valence-corrected chi connectivity index (χ4v) is 3.37. The van der Waals surface area contributed by atoms with E-state index in [2.05, 4.69) is 15.0 Å². The Kier molecular flexibility index (Phi) is 6.37. The summed E-state index contributed by atoms with van der Waals surface area (Å²) in [5.41, 5.74) is 5.34. The summed E-state index contributed by atoms with van der Waals surface area (Å²) >= 11 is 8.06. The Labute approximate surface area is 150 Å². The number of nitrogens with one attached hydrogen (secondary N) is 2. The second-order valence-electron chi connectivity index (χ2n) is 4.73. The Morgan fingerprint density at radius 3 is 2.83 bits per heavy atom. The number of nitrogens with two attached hydrogens (primary N) is 1. The molecule has 2 aromatic rings. The molecule has 2 aromatic heterocycles. The molecule has 1 unspecified atom stereocenters. The van der Waals surface area contributed by atoms with Gasteiger partial charge >= 0.3 is 6.03 Å². The highest BCUT2D eigenvalue weighted by molar-refractivity contribution is 7.16. The molecule has 2 rings (SSSR count). The van der Waals surface area contributed by atoms with Crippen molar-refractivity contribution in [1.82, 2.24) is 9.69 Å². The van der Waals surface area contributed by atoms with Gasteiger partial charge in [-0.25, -0.2) is 4.79 Å². The van der Waals surface area contributed by atoms with Crippen LogP contribution in [-0.4, -0.2) is 34.1 Å². The van der Waals surface area contributed by atoms with E-state index in [-0.39, 0.29) is 29.6 Å². The number of carbonyl (C=O) groups is 2. The van der Waals surface area contributed by atoms with E-state index in [1.165, 1.54) is 18.3 Å².